The monoisotopic (exact) mass is 275 g/mol. The van der Waals surface area contributed by atoms with Crippen LogP contribution in [0.5, 0.6) is 0 Å². The highest BCUT2D eigenvalue weighted by Gasteiger charge is 2.11. The maximum atomic E-state index is 11.9. The Balaban J connectivity index is 2.21. The van der Waals surface area contributed by atoms with E-state index in [4.69, 9.17) is 9.15 Å². The third-order valence-electron chi connectivity index (χ3n) is 2.95. The SMILES string of the molecule is COCCCNC(=O)c1cc2ccc(C)cc2c(=O)o1. The summed E-state index contributed by atoms with van der Waals surface area (Å²) in [6.07, 6.45) is 0.708. The summed E-state index contributed by atoms with van der Waals surface area (Å²) in [5, 5.41) is 3.88. The highest BCUT2D eigenvalue weighted by atomic mass is 16.5. The third-order valence-corrected chi connectivity index (χ3v) is 2.95. The van der Waals surface area contributed by atoms with E-state index in [1.165, 1.54) is 0 Å². The second-order valence-electron chi connectivity index (χ2n) is 4.59. The predicted octanol–water partition coefficient (Wildman–Crippen LogP) is 1.87. The predicted molar refractivity (Wildman–Crippen MR) is 76.0 cm³/mol. The van der Waals surface area contributed by atoms with Crippen LogP contribution in [0, 0.1) is 6.92 Å². The first-order chi connectivity index (χ1) is 9.61. The van der Waals surface area contributed by atoms with E-state index >= 15 is 0 Å². The Kier molecular flexibility index (Phi) is 4.53. The summed E-state index contributed by atoms with van der Waals surface area (Å²) in [5.41, 5.74) is 0.481. The second kappa shape index (κ2) is 6.34. The average molecular weight is 275 g/mol. The van der Waals surface area contributed by atoms with Gasteiger partial charge in [-0.3, -0.25) is 4.79 Å². The Bertz CT molecular complexity index is 675. The summed E-state index contributed by atoms with van der Waals surface area (Å²) < 4.78 is 9.96. The number of hydrogen-bond acceptors (Lipinski definition) is 4. The minimum Gasteiger partial charge on any atom is -0.417 e. The van der Waals surface area contributed by atoms with E-state index < -0.39 is 5.63 Å². The number of hydrogen-bond donors (Lipinski definition) is 1. The van der Waals surface area contributed by atoms with Crippen LogP contribution < -0.4 is 10.9 Å². The summed E-state index contributed by atoms with van der Waals surface area (Å²) in [5.74, 6) is -0.357. The van der Waals surface area contributed by atoms with Gasteiger partial charge >= 0.3 is 5.63 Å². The molecule has 1 heterocycles. The van der Waals surface area contributed by atoms with Gasteiger partial charge in [0.2, 0.25) is 0 Å². The minimum absolute atomic E-state index is 0.0313. The molecule has 0 aliphatic heterocycles. The van der Waals surface area contributed by atoms with E-state index in [2.05, 4.69) is 5.32 Å². The zero-order valence-corrected chi connectivity index (χ0v) is 11.6. The first-order valence-electron chi connectivity index (χ1n) is 6.43. The van der Waals surface area contributed by atoms with Gasteiger partial charge in [0.25, 0.3) is 5.91 Å². The molecule has 1 amide bonds. The number of aryl methyl sites for hydroxylation is 1. The number of carbonyl (C=O) groups excluding carboxylic acids is 1. The lowest BCUT2D eigenvalue weighted by molar-refractivity contribution is 0.0917. The molecule has 1 aromatic heterocycles. The standard InChI is InChI=1S/C15H17NO4/c1-10-4-5-11-9-13(20-15(18)12(11)8-10)14(17)16-6-3-7-19-2/h4-5,8-9H,3,6-7H2,1-2H3,(H,16,17). The molecule has 0 unspecified atom stereocenters. The Hall–Kier alpha value is -2.14. The van der Waals surface area contributed by atoms with Crippen LogP contribution in [0.2, 0.25) is 0 Å². The molecule has 2 aromatic rings. The third kappa shape index (κ3) is 3.24. The molecule has 1 aromatic carbocycles. The van der Waals surface area contributed by atoms with Crippen molar-refractivity contribution in [1.82, 2.24) is 5.32 Å². The topological polar surface area (TPSA) is 68.5 Å². The van der Waals surface area contributed by atoms with Gasteiger partial charge in [-0.15, -0.1) is 0 Å². The molecule has 0 fully saturated rings. The number of nitrogens with one attached hydrogen (secondary N) is 1. The van der Waals surface area contributed by atoms with Crippen molar-refractivity contribution in [2.45, 2.75) is 13.3 Å². The molecular weight excluding hydrogens is 258 g/mol. The Morgan fingerprint density at radius 1 is 1.35 bits per heavy atom. The van der Waals surface area contributed by atoms with E-state index in [0.717, 1.165) is 5.56 Å². The van der Waals surface area contributed by atoms with Crippen LogP contribution in [0.3, 0.4) is 0 Å². The van der Waals surface area contributed by atoms with Gasteiger partial charge in [-0.05, 0) is 30.9 Å². The molecule has 5 nitrogen and oxygen atoms in total. The van der Waals surface area contributed by atoms with Crippen molar-refractivity contribution in [3.05, 3.63) is 46.0 Å². The van der Waals surface area contributed by atoms with E-state index in [1.54, 1.807) is 19.2 Å². The molecule has 2 rings (SSSR count). The van der Waals surface area contributed by atoms with Crippen molar-refractivity contribution < 1.29 is 13.9 Å². The van der Waals surface area contributed by atoms with Gasteiger partial charge in [0.15, 0.2) is 5.76 Å². The number of ether oxygens (including phenoxy) is 1. The van der Waals surface area contributed by atoms with E-state index in [9.17, 15) is 9.59 Å². The first-order valence-corrected chi connectivity index (χ1v) is 6.43. The highest BCUT2D eigenvalue weighted by Crippen LogP contribution is 2.14. The van der Waals surface area contributed by atoms with E-state index in [0.29, 0.717) is 30.3 Å². The Morgan fingerprint density at radius 2 is 2.15 bits per heavy atom. The molecule has 106 valence electrons. The molecule has 20 heavy (non-hydrogen) atoms. The fourth-order valence-corrected chi connectivity index (χ4v) is 1.92. The number of benzene rings is 1. The number of carbonyl (C=O) groups is 1. The van der Waals surface area contributed by atoms with E-state index in [-0.39, 0.29) is 11.7 Å². The quantitative estimate of drug-likeness (QED) is 0.846. The number of fused-ring (bicyclic) bond motifs is 1. The lowest BCUT2D eigenvalue weighted by Crippen LogP contribution is -2.26. The second-order valence-corrected chi connectivity index (χ2v) is 4.59. The first kappa shape index (κ1) is 14.3. The number of amides is 1. The highest BCUT2D eigenvalue weighted by molar-refractivity contribution is 5.95. The number of rotatable bonds is 5. The Morgan fingerprint density at radius 3 is 2.90 bits per heavy atom. The summed E-state index contributed by atoms with van der Waals surface area (Å²) in [6.45, 7) is 2.94. The van der Waals surface area contributed by atoms with Gasteiger partial charge in [-0.2, -0.15) is 0 Å². The molecule has 0 radical (unpaired) electrons. The van der Waals surface area contributed by atoms with Gasteiger partial charge < -0.3 is 14.5 Å². The smallest absolute Gasteiger partial charge is 0.344 e. The molecule has 0 saturated heterocycles. The summed E-state index contributed by atoms with van der Waals surface area (Å²) in [6, 6.07) is 7.04. The van der Waals surface area contributed by atoms with Crippen molar-refractivity contribution in [1.29, 1.82) is 0 Å². The molecule has 5 heteroatoms. The van der Waals surface area contributed by atoms with Crippen molar-refractivity contribution in [2.24, 2.45) is 0 Å². The molecule has 0 aliphatic carbocycles. The van der Waals surface area contributed by atoms with Gasteiger partial charge in [0.05, 0.1) is 5.39 Å². The fraction of sp³-hybridized carbons (Fsp3) is 0.333. The van der Waals surface area contributed by atoms with Crippen LogP contribution in [0.15, 0.2) is 33.5 Å². The molecule has 0 bridgehead atoms. The Labute approximate surface area is 116 Å². The number of methoxy groups -OCH3 is 1. The lowest BCUT2D eigenvalue weighted by atomic mass is 10.1. The lowest BCUT2D eigenvalue weighted by Gasteiger charge is -2.05. The van der Waals surface area contributed by atoms with Gasteiger partial charge in [0.1, 0.15) is 0 Å². The average Bonchev–Trinajstić information content (AvgIpc) is 2.44. The van der Waals surface area contributed by atoms with E-state index in [1.807, 2.05) is 19.1 Å². The zero-order valence-electron chi connectivity index (χ0n) is 11.6. The van der Waals surface area contributed by atoms with Gasteiger partial charge in [0, 0.05) is 20.3 Å². The van der Waals surface area contributed by atoms with Crippen LogP contribution in [0.25, 0.3) is 10.8 Å². The maximum Gasteiger partial charge on any atom is 0.344 e. The zero-order chi connectivity index (χ0) is 14.5. The van der Waals surface area contributed by atoms with Gasteiger partial charge in [-0.1, -0.05) is 17.7 Å². The summed E-state index contributed by atoms with van der Waals surface area (Å²) in [7, 11) is 1.60. The molecular formula is C15H17NO4. The van der Waals surface area contributed by atoms with Crippen LogP contribution >= 0.6 is 0 Å². The fourth-order valence-electron chi connectivity index (χ4n) is 1.92. The molecule has 0 aliphatic rings. The minimum atomic E-state index is -0.492. The molecule has 0 saturated carbocycles. The van der Waals surface area contributed by atoms with Gasteiger partial charge in [-0.25, -0.2) is 4.79 Å². The van der Waals surface area contributed by atoms with Crippen molar-refractivity contribution in [2.75, 3.05) is 20.3 Å². The summed E-state index contributed by atoms with van der Waals surface area (Å²) >= 11 is 0. The normalized spacial score (nSPS) is 10.7. The van der Waals surface area contributed by atoms with Crippen LogP contribution in [-0.2, 0) is 4.74 Å². The van der Waals surface area contributed by atoms with Crippen molar-refractivity contribution in [3.8, 4) is 0 Å². The maximum absolute atomic E-state index is 11.9. The van der Waals surface area contributed by atoms with Crippen LogP contribution in [-0.4, -0.2) is 26.2 Å². The summed E-state index contributed by atoms with van der Waals surface area (Å²) in [4.78, 5) is 23.8. The molecule has 1 N–H and O–H groups in total. The molecule has 0 atom stereocenters. The largest absolute Gasteiger partial charge is 0.417 e. The van der Waals surface area contributed by atoms with Crippen LogP contribution in [0.1, 0.15) is 22.5 Å². The van der Waals surface area contributed by atoms with Crippen molar-refractivity contribution in [3.63, 3.8) is 0 Å². The van der Waals surface area contributed by atoms with Crippen LogP contribution in [0.4, 0.5) is 0 Å². The molecule has 0 spiro atoms. The van der Waals surface area contributed by atoms with Crippen molar-refractivity contribution >= 4 is 16.7 Å².